The van der Waals surface area contributed by atoms with Gasteiger partial charge < -0.3 is 4.74 Å². The average Bonchev–Trinajstić information content (AvgIpc) is 2.88. The van der Waals surface area contributed by atoms with Gasteiger partial charge >= 0.3 is 0 Å². The van der Waals surface area contributed by atoms with E-state index in [0.29, 0.717) is 19.4 Å². The summed E-state index contributed by atoms with van der Waals surface area (Å²) >= 11 is 0. The lowest BCUT2D eigenvalue weighted by atomic mass is 10.1. The maximum absolute atomic E-state index is 14.0. The lowest BCUT2D eigenvalue weighted by Gasteiger charge is -2.10. The van der Waals surface area contributed by atoms with Crippen LogP contribution in [0.2, 0.25) is 0 Å². The van der Waals surface area contributed by atoms with Crippen LogP contribution in [0.1, 0.15) is 122 Å². The predicted molar refractivity (Wildman–Crippen MR) is 147 cm³/mol. The Hall–Kier alpha value is -1.97. The first-order chi connectivity index (χ1) is 17.2. The van der Waals surface area contributed by atoms with E-state index < -0.39 is 6.17 Å². The van der Waals surface area contributed by atoms with E-state index in [-0.39, 0.29) is 0 Å². The molecule has 0 aliphatic heterocycles. The number of benzene rings is 1. The first-order valence-corrected chi connectivity index (χ1v) is 14.4. The predicted octanol–water partition coefficient (Wildman–Crippen LogP) is 9.68. The first-order valence-electron chi connectivity index (χ1n) is 14.4. The molecule has 0 spiro atoms. The van der Waals surface area contributed by atoms with Gasteiger partial charge in [0.1, 0.15) is 11.9 Å². The van der Waals surface area contributed by atoms with Gasteiger partial charge in [-0.2, -0.15) is 0 Å². The van der Waals surface area contributed by atoms with Crippen LogP contribution < -0.4 is 4.74 Å². The third-order valence-electron chi connectivity index (χ3n) is 6.71. The number of halogens is 1. The first kappa shape index (κ1) is 29.3. The van der Waals surface area contributed by atoms with Crippen LogP contribution in [0, 0.1) is 0 Å². The molecule has 1 unspecified atom stereocenters. The molecule has 2 aromatic rings. The highest BCUT2D eigenvalue weighted by Gasteiger charge is 2.07. The van der Waals surface area contributed by atoms with Gasteiger partial charge in [-0.3, -0.25) is 0 Å². The van der Waals surface area contributed by atoms with E-state index in [1.165, 1.54) is 82.6 Å². The second-order valence-electron chi connectivity index (χ2n) is 9.96. The van der Waals surface area contributed by atoms with Gasteiger partial charge in [-0.25, -0.2) is 14.4 Å². The van der Waals surface area contributed by atoms with Crippen LogP contribution in [0.3, 0.4) is 0 Å². The molecule has 1 atom stereocenters. The quantitative estimate of drug-likeness (QED) is 0.165. The van der Waals surface area contributed by atoms with Crippen molar-refractivity contribution in [3.63, 3.8) is 0 Å². The maximum atomic E-state index is 14.0. The second kappa shape index (κ2) is 19.2. The SMILES string of the molecule is CCCCCCCCCCCc1cnc(-c2ccc(OCCC(F)CCCCCCC)cc2)nc1. The summed E-state index contributed by atoms with van der Waals surface area (Å²) < 4.78 is 19.8. The number of nitrogens with zero attached hydrogens (tertiary/aromatic N) is 2. The van der Waals surface area contributed by atoms with Crippen molar-refractivity contribution in [3.05, 3.63) is 42.2 Å². The summed E-state index contributed by atoms with van der Waals surface area (Å²) in [5.41, 5.74) is 2.19. The molecule has 3 nitrogen and oxygen atoms in total. The zero-order valence-electron chi connectivity index (χ0n) is 22.5. The summed E-state index contributed by atoms with van der Waals surface area (Å²) in [5, 5.41) is 0. The van der Waals surface area contributed by atoms with E-state index in [9.17, 15) is 4.39 Å². The Morgan fingerprint density at radius 2 is 1.23 bits per heavy atom. The summed E-state index contributed by atoms with van der Waals surface area (Å²) in [6.45, 7) is 4.88. The summed E-state index contributed by atoms with van der Waals surface area (Å²) in [5.74, 6) is 1.50. The maximum Gasteiger partial charge on any atom is 0.159 e. The molecule has 0 aliphatic carbocycles. The van der Waals surface area contributed by atoms with E-state index in [1.807, 2.05) is 36.7 Å². The molecule has 1 aromatic carbocycles. The molecule has 1 heterocycles. The molecule has 0 amide bonds. The Morgan fingerprint density at radius 1 is 0.686 bits per heavy atom. The zero-order valence-corrected chi connectivity index (χ0v) is 22.5. The topological polar surface area (TPSA) is 35.0 Å². The van der Waals surface area contributed by atoms with Gasteiger partial charge in [0.05, 0.1) is 6.61 Å². The summed E-state index contributed by atoms with van der Waals surface area (Å²) in [6.07, 6.45) is 23.2. The Labute approximate surface area is 214 Å². The highest BCUT2D eigenvalue weighted by molar-refractivity contribution is 5.55. The van der Waals surface area contributed by atoms with Crippen molar-refractivity contribution < 1.29 is 9.13 Å². The van der Waals surface area contributed by atoms with Gasteiger partial charge in [0.15, 0.2) is 5.82 Å². The van der Waals surface area contributed by atoms with E-state index in [1.54, 1.807) is 0 Å². The van der Waals surface area contributed by atoms with Gasteiger partial charge in [0.25, 0.3) is 0 Å². The lowest BCUT2D eigenvalue weighted by Crippen LogP contribution is -2.07. The minimum atomic E-state index is -0.765. The van der Waals surface area contributed by atoms with Crippen LogP contribution in [0.25, 0.3) is 11.4 Å². The zero-order chi connectivity index (χ0) is 25.0. The van der Waals surface area contributed by atoms with E-state index >= 15 is 0 Å². The van der Waals surface area contributed by atoms with Crippen molar-refractivity contribution in [1.29, 1.82) is 0 Å². The molecule has 0 saturated carbocycles. The Morgan fingerprint density at radius 3 is 1.83 bits per heavy atom. The summed E-state index contributed by atoms with van der Waals surface area (Å²) in [7, 11) is 0. The van der Waals surface area contributed by atoms with Crippen molar-refractivity contribution in [1.82, 2.24) is 9.97 Å². The highest BCUT2D eigenvalue weighted by atomic mass is 19.1. The van der Waals surface area contributed by atoms with E-state index in [2.05, 4.69) is 23.8 Å². The van der Waals surface area contributed by atoms with Crippen molar-refractivity contribution in [3.8, 4) is 17.1 Å². The lowest BCUT2D eigenvalue weighted by molar-refractivity contribution is 0.222. The number of hydrogen-bond donors (Lipinski definition) is 0. The van der Waals surface area contributed by atoms with Crippen LogP contribution in [-0.4, -0.2) is 22.7 Å². The molecule has 0 bridgehead atoms. The number of alkyl halides is 1. The van der Waals surface area contributed by atoms with Gasteiger partial charge in [0, 0.05) is 24.4 Å². The number of unbranched alkanes of at least 4 members (excludes halogenated alkanes) is 12. The van der Waals surface area contributed by atoms with Crippen molar-refractivity contribution in [2.75, 3.05) is 6.61 Å². The Kier molecular flexibility index (Phi) is 16.1. The number of aryl methyl sites for hydroxylation is 1. The van der Waals surface area contributed by atoms with Crippen molar-refractivity contribution >= 4 is 0 Å². The molecule has 0 aliphatic rings. The fourth-order valence-electron chi connectivity index (χ4n) is 4.39. The third kappa shape index (κ3) is 13.6. The van der Waals surface area contributed by atoms with Crippen LogP contribution >= 0.6 is 0 Å². The molecular weight excluding hydrogens is 435 g/mol. The summed E-state index contributed by atoms with van der Waals surface area (Å²) in [4.78, 5) is 9.13. The largest absolute Gasteiger partial charge is 0.493 e. The van der Waals surface area contributed by atoms with Crippen molar-refractivity contribution in [2.24, 2.45) is 0 Å². The van der Waals surface area contributed by atoms with Crippen LogP contribution in [0.15, 0.2) is 36.7 Å². The number of ether oxygens (including phenoxy) is 1. The van der Waals surface area contributed by atoms with Gasteiger partial charge in [-0.1, -0.05) is 97.3 Å². The smallest absolute Gasteiger partial charge is 0.159 e. The van der Waals surface area contributed by atoms with Crippen LogP contribution in [-0.2, 0) is 6.42 Å². The third-order valence-corrected chi connectivity index (χ3v) is 6.71. The molecule has 1 aromatic heterocycles. The van der Waals surface area contributed by atoms with Gasteiger partial charge in [-0.05, 0) is 49.1 Å². The molecule has 2 rings (SSSR count). The molecule has 196 valence electrons. The molecule has 0 N–H and O–H groups in total. The Bertz CT molecular complexity index is 748. The molecule has 0 radical (unpaired) electrons. The molecule has 0 saturated heterocycles. The molecule has 0 fully saturated rings. The normalized spacial score (nSPS) is 12.1. The van der Waals surface area contributed by atoms with Gasteiger partial charge in [0.2, 0.25) is 0 Å². The minimum absolute atomic E-state index is 0.416. The van der Waals surface area contributed by atoms with E-state index in [4.69, 9.17) is 4.74 Å². The molecule has 4 heteroatoms. The number of hydrogen-bond acceptors (Lipinski definition) is 3. The van der Waals surface area contributed by atoms with Crippen LogP contribution in [0.4, 0.5) is 4.39 Å². The average molecular weight is 485 g/mol. The fourth-order valence-corrected chi connectivity index (χ4v) is 4.39. The Balaban J connectivity index is 1.60. The second-order valence-corrected chi connectivity index (χ2v) is 9.96. The fraction of sp³-hybridized carbons (Fsp3) is 0.677. The van der Waals surface area contributed by atoms with Crippen LogP contribution in [0.5, 0.6) is 5.75 Å². The minimum Gasteiger partial charge on any atom is -0.493 e. The monoisotopic (exact) mass is 484 g/mol. The highest BCUT2D eigenvalue weighted by Crippen LogP contribution is 2.20. The summed E-state index contributed by atoms with van der Waals surface area (Å²) in [6, 6.07) is 7.80. The molecular formula is C31H49FN2O. The standard InChI is InChI=1S/C31H49FN2O/c1-3-5-7-9-10-11-12-14-15-17-27-25-33-31(34-26-27)28-19-21-30(22-20-28)35-24-23-29(32)18-16-13-8-6-4-2/h19-22,25-26,29H,3-18,23-24H2,1-2H3. The molecule has 35 heavy (non-hydrogen) atoms. The van der Waals surface area contributed by atoms with Crippen molar-refractivity contribution in [2.45, 2.75) is 129 Å². The van der Waals surface area contributed by atoms with Gasteiger partial charge in [-0.15, -0.1) is 0 Å². The number of aromatic nitrogens is 2. The number of rotatable bonds is 21. The van der Waals surface area contributed by atoms with E-state index in [0.717, 1.165) is 36.4 Å².